The minimum absolute atomic E-state index is 0.522. The first-order valence-electron chi connectivity index (χ1n) is 11.0. The molecule has 1 aromatic rings. The van der Waals surface area contributed by atoms with Gasteiger partial charge in [0.25, 0.3) is 0 Å². The molecule has 0 bridgehead atoms. The molecule has 5 atom stereocenters. The minimum Gasteiger partial charge on any atom is -0.374 e. The Morgan fingerprint density at radius 3 is 2.54 bits per heavy atom. The lowest BCUT2D eigenvalue weighted by Gasteiger charge is -2.44. The van der Waals surface area contributed by atoms with Crippen molar-refractivity contribution in [2.24, 2.45) is 23.7 Å². The Kier molecular flexibility index (Phi) is 5.84. The van der Waals surface area contributed by atoms with Crippen molar-refractivity contribution in [2.75, 3.05) is 6.61 Å². The van der Waals surface area contributed by atoms with Crippen LogP contribution in [-0.2, 0) is 17.6 Å². The molecule has 0 aromatic heterocycles. The number of aryl methyl sites for hydroxylation is 2. The summed E-state index contributed by atoms with van der Waals surface area (Å²) in [4.78, 5) is 0. The molecule has 3 aliphatic rings. The number of fused-ring (bicyclic) bond motifs is 2. The lowest BCUT2D eigenvalue weighted by atomic mass is 9.62. The molecule has 142 valence electrons. The van der Waals surface area contributed by atoms with Crippen LogP contribution in [0.25, 0.3) is 0 Å². The van der Waals surface area contributed by atoms with Crippen molar-refractivity contribution in [2.45, 2.75) is 77.7 Å². The average molecular weight is 353 g/mol. The summed E-state index contributed by atoms with van der Waals surface area (Å²) in [6.07, 6.45) is 17.3. The maximum Gasteiger partial charge on any atom is 0.0651 e. The summed E-state index contributed by atoms with van der Waals surface area (Å²) in [6.45, 7) is 5.11. The standard InChI is InChI=1S/C25H36O/c1-3-4-13-26-25-12-11-23-16-22(9-10-24(23)17-25)21-8-7-19-14-18(2)5-6-20(19)15-21/h3-6,14,21-25H,7-13,15-17H2,1-2H3/t21?,22?,23-,24?,25-/m1/s1. The molecule has 0 heterocycles. The van der Waals surface area contributed by atoms with Crippen LogP contribution in [0.4, 0.5) is 0 Å². The highest BCUT2D eigenvalue weighted by Crippen LogP contribution is 2.47. The molecule has 1 heteroatoms. The first kappa shape index (κ1) is 18.3. The molecule has 0 spiro atoms. The minimum atomic E-state index is 0.522. The smallest absolute Gasteiger partial charge is 0.0651 e. The lowest BCUT2D eigenvalue weighted by Crippen LogP contribution is -2.37. The first-order valence-corrected chi connectivity index (χ1v) is 11.0. The second-order valence-electron chi connectivity index (χ2n) is 9.21. The number of ether oxygens (including phenoxy) is 1. The van der Waals surface area contributed by atoms with Crippen LogP contribution in [-0.4, -0.2) is 12.7 Å². The van der Waals surface area contributed by atoms with Crippen molar-refractivity contribution in [1.82, 2.24) is 0 Å². The van der Waals surface area contributed by atoms with Gasteiger partial charge < -0.3 is 4.74 Å². The van der Waals surface area contributed by atoms with E-state index >= 15 is 0 Å². The van der Waals surface area contributed by atoms with E-state index in [1.54, 1.807) is 11.1 Å². The zero-order chi connectivity index (χ0) is 17.9. The lowest BCUT2D eigenvalue weighted by molar-refractivity contribution is -0.0138. The number of hydrogen-bond acceptors (Lipinski definition) is 1. The van der Waals surface area contributed by atoms with Gasteiger partial charge in [0.2, 0.25) is 0 Å². The van der Waals surface area contributed by atoms with Gasteiger partial charge in [0, 0.05) is 0 Å². The van der Waals surface area contributed by atoms with Crippen molar-refractivity contribution < 1.29 is 4.74 Å². The van der Waals surface area contributed by atoms with E-state index in [2.05, 4.69) is 44.2 Å². The molecule has 2 saturated carbocycles. The third-order valence-corrected chi connectivity index (χ3v) is 7.56. The van der Waals surface area contributed by atoms with E-state index in [-0.39, 0.29) is 0 Å². The molecule has 0 amide bonds. The molecule has 0 saturated heterocycles. The third-order valence-electron chi connectivity index (χ3n) is 7.56. The maximum absolute atomic E-state index is 6.08. The predicted molar refractivity (Wildman–Crippen MR) is 109 cm³/mol. The van der Waals surface area contributed by atoms with Gasteiger partial charge in [0.15, 0.2) is 0 Å². The van der Waals surface area contributed by atoms with Crippen LogP contribution in [0.1, 0.15) is 68.6 Å². The Hall–Kier alpha value is -1.08. The van der Waals surface area contributed by atoms with Gasteiger partial charge in [-0.25, -0.2) is 0 Å². The van der Waals surface area contributed by atoms with E-state index in [0.717, 1.165) is 30.3 Å². The third kappa shape index (κ3) is 4.09. The molecule has 3 aliphatic carbocycles. The van der Waals surface area contributed by atoms with Crippen molar-refractivity contribution in [3.63, 3.8) is 0 Å². The molecule has 1 nitrogen and oxygen atoms in total. The van der Waals surface area contributed by atoms with Gasteiger partial charge in [-0.2, -0.15) is 0 Å². The Morgan fingerprint density at radius 1 is 0.923 bits per heavy atom. The highest BCUT2D eigenvalue weighted by atomic mass is 16.5. The van der Waals surface area contributed by atoms with Gasteiger partial charge in [0.05, 0.1) is 12.7 Å². The van der Waals surface area contributed by atoms with E-state index < -0.39 is 0 Å². The maximum atomic E-state index is 6.08. The van der Waals surface area contributed by atoms with Crippen LogP contribution in [0.15, 0.2) is 30.4 Å². The average Bonchev–Trinajstić information content (AvgIpc) is 2.67. The molecule has 0 radical (unpaired) electrons. The second-order valence-corrected chi connectivity index (χ2v) is 9.21. The van der Waals surface area contributed by atoms with E-state index in [0.29, 0.717) is 6.10 Å². The van der Waals surface area contributed by atoms with Crippen molar-refractivity contribution in [3.8, 4) is 0 Å². The molecule has 4 rings (SSSR count). The van der Waals surface area contributed by atoms with Gasteiger partial charge >= 0.3 is 0 Å². The molecule has 0 N–H and O–H groups in total. The molecule has 3 unspecified atom stereocenters. The van der Waals surface area contributed by atoms with Crippen LogP contribution in [0.3, 0.4) is 0 Å². The van der Waals surface area contributed by atoms with Gasteiger partial charge in [-0.05, 0) is 106 Å². The van der Waals surface area contributed by atoms with Crippen LogP contribution in [0.5, 0.6) is 0 Å². The fraction of sp³-hybridized carbons (Fsp3) is 0.680. The molecular weight excluding hydrogens is 316 g/mol. The van der Waals surface area contributed by atoms with Crippen molar-refractivity contribution in [1.29, 1.82) is 0 Å². The van der Waals surface area contributed by atoms with Crippen LogP contribution >= 0.6 is 0 Å². The van der Waals surface area contributed by atoms with E-state index in [4.69, 9.17) is 4.74 Å². The van der Waals surface area contributed by atoms with Crippen molar-refractivity contribution >= 4 is 0 Å². The zero-order valence-electron chi connectivity index (χ0n) is 16.8. The second kappa shape index (κ2) is 8.30. The largest absolute Gasteiger partial charge is 0.374 e. The fourth-order valence-corrected chi connectivity index (χ4v) is 6.06. The highest BCUT2D eigenvalue weighted by molar-refractivity contribution is 5.33. The number of rotatable bonds is 4. The monoisotopic (exact) mass is 352 g/mol. The van der Waals surface area contributed by atoms with E-state index in [1.165, 1.54) is 63.4 Å². The summed E-state index contributed by atoms with van der Waals surface area (Å²) in [6, 6.07) is 7.15. The van der Waals surface area contributed by atoms with Crippen LogP contribution < -0.4 is 0 Å². The summed E-state index contributed by atoms with van der Waals surface area (Å²) in [7, 11) is 0. The molecule has 26 heavy (non-hydrogen) atoms. The van der Waals surface area contributed by atoms with Crippen molar-refractivity contribution in [3.05, 3.63) is 47.0 Å². The van der Waals surface area contributed by atoms with Gasteiger partial charge in [-0.15, -0.1) is 0 Å². The Labute approximate surface area is 160 Å². The highest BCUT2D eigenvalue weighted by Gasteiger charge is 2.38. The molecule has 0 aliphatic heterocycles. The molecule has 2 fully saturated rings. The first-order chi connectivity index (χ1) is 12.7. The summed E-state index contributed by atoms with van der Waals surface area (Å²) < 4.78 is 6.08. The predicted octanol–water partition coefficient (Wildman–Crippen LogP) is 6.28. The van der Waals surface area contributed by atoms with Gasteiger partial charge in [-0.1, -0.05) is 35.9 Å². The summed E-state index contributed by atoms with van der Waals surface area (Å²) in [5.41, 5.74) is 4.71. The molecular formula is C25H36O. The normalized spacial score (nSPS) is 34.5. The Balaban J connectivity index is 1.31. The number of allylic oxidation sites excluding steroid dienone is 1. The van der Waals surface area contributed by atoms with E-state index in [1.807, 2.05) is 0 Å². The molecule has 1 aromatic carbocycles. The Morgan fingerprint density at radius 2 is 1.69 bits per heavy atom. The SMILES string of the molecule is CC=CCO[C@@H]1CC[C@@H]2CC(C3CCc4cc(C)ccc4C3)CCC2C1. The number of benzene rings is 1. The van der Waals surface area contributed by atoms with Gasteiger partial charge in [-0.3, -0.25) is 0 Å². The van der Waals surface area contributed by atoms with Crippen LogP contribution in [0, 0.1) is 30.6 Å². The summed E-state index contributed by atoms with van der Waals surface area (Å²) in [5, 5.41) is 0. The van der Waals surface area contributed by atoms with E-state index in [9.17, 15) is 0 Å². The summed E-state index contributed by atoms with van der Waals surface area (Å²) in [5.74, 6) is 3.84. The van der Waals surface area contributed by atoms with Crippen LogP contribution in [0.2, 0.25) is 0 Å². The quantitative estimate of drug-likeness (QED) is 0.580. The zero-order valence-corrected chi connectivity index (χ0v) is 16.8. The fourth-order valence-electron chi connectivity index (χ4n) is 6.06. The summed E-state index contributed by atoms with van der Waals surface area (Å²) >= 11 is 0. The van der Waals surface area contributed by atoms with Gasteiger partial charge in [0.1, 0.15) is 0 Å². The Bertz CT molecular complexity index is 631. The number of hydrogen-bond donors (Lipinski definition) is 0. The topological polar surface area (TPSA) is 9.23 Å².